The van der Waals surface area contributed by atoms with Crippen LogP contribution in [0.4, 0.5) is 0 Å². The number of Topliss-reactive ketones (excluding diaryl/α,β-unsaturated/α-hetero) is 2. The highest BCUT2D eigenvalue weighted by Gasteiger charge is 2.57. The largest absolute Gasteiger partial charge is 0.478 e. The fourth-order valence-corrected chi connectivity index (χ4v) is 2.12. The fourth-order valence-electron chi connectivity index (χ4n) is 2.12. The van der Waals surface area contributed by atoms with Crippen LogP contribution in [0.25, 0.3) is 0 Å². The van der Waals surface area contributed by atoms with E-state index in [1.165, 1.54) is 0 Å². The van der Waals surface area contributed by atoms with Crippen LogP contribution in [0.1, 0.15) is 46.9 Å². The highest BCUT2D eigenvalue weighted by atomic mass is 16.5. The van der Waals surface area contributed by atoms with Crippen molar-refractivity contribution < 1.29 is 14.3 Å². The summed E-state index contributed by atoms with van der Waals surface area (Å²) in [6.07, 6.45) is 2.06. The molecular formula is C13H12O3. The topological polar surface area (TPSA) is 43.4 Å². The minimum atomic E-state index is -0.559. The third kappa shape index (κ3) is 1.14. The zero-order valence-corrected chi connectivity index (χ0v) is 9.08. The van der Waals surface area contributed by atoms with Crippen LogP contribution in [0.3, 0.4) is 0 Å². The molecule has 82 valence electrons. The first-order valence-electron chi connectivity index (χ1n) is 5.57. The van der Waals surface area contributed by atoms with Gasteiger partial charge in [-0.15, -0.1) is 0 Å². The first-order valence-corrected chi connectivity index (χ1v) is 5.57. The van der Waals surface area contributed by atoms with E-state index in [1.807, 2.05) is 6.92 Å². The summed E-state index contributed by atoms with van der Waals surface area (Å²) in [6, 6.07) is 5.15. The SMILES string of the molecule is CCC(=O)c1ccc2c(c1)C(=O)C1(CC1)O2. The number of ketones is 2. The van der Waals surface area contributed by atoms with Gasteiger partial charge in [-0.3, -0.25) is 9.59 Å². The Balaban J connectivity index is 2.04. The number of hydrogen-bond donors (Lipinski definition) is 0. The number of hydrogen-bond acceptors (Lipinski definition) is 3. The number of carbonyl (C=O) groups excluding carboxylic acids is 2. The van der Waals surface area contributed by atoms with Crippen molar-refractivity contribution in [2.45, 2.75) is 31.8 Å². The second-order valence-corrected chi connectivity index (χ2v) is 4.41. The molecule has 0 bridgehead atoms. The van der Waals surface area contributed by atoms with E-state index in [2.05, 4.69) is 0 Å². The lowest BCUT2D eigenvalue weighted by Gasteiger charge is -2.03. The molecule has 0 unspecified atom stereocenters. The fraction of sp³-hybridized carbons (Fsp3) is 0.385. The standard InChI is InChI=1S/C13H12O3/c1-2-10(14)8-3-4-11-9(7-8)12(15)13(16-11)5-6-13/h3-4,7H,2,5-6H2,1H3. The number of benzene rings is 1. The summed E-state index contributed by atoms with van der Waals surface area (Å²) in [5.41, 5.74) is 0.628. The molecule has 1 aromatic carbocycles. The highest BCUT2D eigenvalue weighted by molar-refractivity contribution is 6.11. The molecule has 0 amide bonds. The van der Waals surface area contributed by atoms with Crippen LogP contribution >= 0.6 is 0 Å². The first-order chi connectivity index (χ1) is 7.66. The van der Waals surface area contributed by atoms with Crippen molar-refractivity contribution in [1.82, 2.24) is 0 Å². The lowest BCUT2D eigenvalue weighted by atomic mass is 10.0. The smallest absolute Gasteiger partial charge is 0.210 e. The van der Waals surface area contributed by atoms with E-state index in [0.29, 0.717) is 23.3 Å². The third-order valence-electron chi connectivity index (χ3n) is 3.29. The van der Waals surface area contributed by atoms with Gasteiger partial charge in [-0.2, -0.15) is 0 Å². The Morgan fingerprint density at radius 2 is 2.19 bits per heavy atom. The Morgan fingerprint density at radius 3 is 2.81 bits per heavy atom. The number of fused-ring (bicyclic) bond motifs is 1. The van der Waals surface area contributed by atoms with Crippen molar-refractivity contribution in [3.05, 3.63) is 29.3 Å². The summed E-state index contributed by atoms with van der Waals surface area (Å²) < 4.78 is 5.63. The van der Waals surface area contributed by atoms with Gasteiger partial charge in [-0.25, -0.2) is 0 Å². The Labute approximate surface area is 93.4 Å². The summed E-state index contributed by atoms with van der Waals surface area (Å²) >= 11 is 0. The van der Waals surface area contributed by atoms with Gasteiger partial charge in [0, 0.05) is 12.0 Å². The van der Waals surface area contributed by atoms with Crippen LogP contribution in [0.2, 0.25) is 0 Å². The molecule has 1 aliphatic heterocycles. The van der Waals surface area contributed by atoms with E-state index < -0.39 is 5.60 Å². The predicted molar refractivity (Wildman–Crippen MR) is 58.0 cm³/mol. The van der Waals surface area contributed by atoms with Crippen molar-refractivity contribution in [3.63, 3.8) is 0 Å². The molecule has 16 heavy (non-hydrogen) atoms. The van der Waals surface area contributed by atoms with Crippen LogP contribution < -0.4 is 4.74 Å². The van der Waals surface area contributed by atoms with E-state index in [-0.39, 0.29) is 11.6 Å². The van der Waals surface area contributed by atoms with E-state index in [4.69, 9.17) is 4.74 Å². The second kappa shape index (κ2) is 2.94. The number of carbonyl (C=O) groups is 2. The van der Waals surface area contributed by atoms with E-state index in [0.717, 1.165) is 12.8 Å². The van der Waals surface area contributed by atoms with Crippen LogP contribution in [0.5, 0.6) is 5.75 Å². The van der Waals surface area contributed by atoms with Gasteiger partial charge in [0.25, 0.3) is 0 Å². The molecule has 0 aromatic heterocycles. The Hall–Kier alpha value is -1.64. The molecule has 3 heteroatoms. The maximum absolute atomic E-state index is 12.0. The molecule has 1 heterocycles. The van der Waals surface area contributed by atoms with Gasteiger partial charge in [-0.1, -0.05) is 6.92 Å². The quantitative estimate of drug-likeness (QED) is 0.713. The van der Waals surface area contributed by atoms with Gasteiger partial charge in [0.1, 0.15) is 5.75 Å². The van der Waals surface area contributed by atoms with Crippen LogP contribution in [-0.4, -0.2) is 17.2 Å². The van der Waals surface area contributed by atoms with E-state index in [9.17, 15) is 9.59 Å². The van der Waals surface area contributed by atoms with Gasteiger partial charge >= 0.3 is 0 Å². The average molecular weight is 216 g/mol. The second-order valence-electron chi connectivity index (χ2n) is 4.41. The van der Waals surface area contributed by atoms with Gasteiger partial charge in [0.2, 0.25) is 5.78 Å². The molecule has 1 aliphatic carbocycles. The molecule has 2 aliphatic rings. The van der Waals surface area contributed by atoms with Crippen LogP contribution in [0.15, 0.2) is 18.2 Å². The third-order valence-corrected chi connectivity index (χ3v) is 3.29. The molecule has 3 nitrogen and oxygen atoms in total. The highest BCUT2D eigenvalue weighted by Crippen LogP contribution is 2.49. The minimum Gasteiger partial charge on any atom is -0.478 e. The molecule has 1 spiro atoms. The van der Waals surface area contributed by atoms with Gasteiger partial charge in [0.05, 0.1) is 5.56 Å². The monoisotopic (exact) mass is 216 g/mol. The van der Waals surface area contributed by atoms with E-state index >= 15 is 0 Å². The summed E-state index contributed by atoms with van der Waals surface area (Å²) in [7, 11) is 0. The first kappa shape index (κ1) is 9.58. The zero-order valence-electron chi connectivity index (χ0n) is 9.08. The van der Waals surface area contributed by atoms with Crippen molar-refractivity contribution in [3.8, 4) is 5.75 Å². The summed E-state index contributed by atoms with van der Waals surface area (Å²) in [4.78, 5) is 23.6. The normalized spacial score (nSPS) is 19.4. The van der Waals surface area contributed by atoms with Gasteiger partial charge < -0.3 is 4.74 Å². The predicted octanol–water partition coefficient (Wildman–Crippen LogP) is 2.39. The Kier molecular flexibility index (Phi) is 1.76. The Morgan fingerprint density at radius 1 is 1.44 bits per heavy atom. The summed E-state index contributed by atoms with van der Waals surface area (Å²) in [6.45, 7) is 1.82. The van der Waals surface area contributed by atoms with Gasteiger partial charge in [0.15, 0.2) is 11.4 Å². The molecule has 1 fully saturated rings. The summed E-state index contributed by atoms with van der Waals surface area (Å²) in [5.74, 6) is 0.746. The average Bonchev–Trinajstić information content (AvgIpc) is 3.02. The molecule has 1 saturated carbocycles. The lowest BCUT2D eigenvalue weighted by Crippen LogP contribution is -2.21. The van der Waals surface area contributed by atoms with Crippen molar-refractivity contribution in [2.75, 3.05) is 0 Å². The maximum Gasteiger partial charge on any atom is 0.210 e. The molecule has 0 N–H and O–H groups in total. The molecule has 0 radical (unpaired) electrons. The molecule has 0 atom stereocenters. The van der Waals surface area contributed by atoms with Crippen LogP contribution in [0, 0.1) is 0 Å². The van der Waals surface area contributed by atoms with Gasteiger partial charge in [-0.05, 0) is 31.0 Å². The maximum atomic E-state index is 12.0. The van der Waals surface area contributed by atoms with Crippen molar-refractivity contribution in [1.29, 1.82) is 0 Å². The number of ether oxygens (including phenoxy) is 1. The molecular weight excluding hydrogens is 204 g/mol. The van der Waals surface area contributed by atoms with Crippen molar-refractivity contribution >= 4 is 11.6 Å². The summed E-state index contributed by atoms with van der Waals surface area (Å²) in [5, 5.41) is 0. The molecule has 1 aromatic rings. The number of rotatable bonds is 2. The van der Waals surface area contributed by atoms with E-state index in [1.54, 1.807) is 18.2 Å². The molecule has 3 rings (SSSR count). The Bertz CT molecular complexity index is 498. The zero-order chi connectivity index (χ0) is 11.3. The minimum absolute atomic E-state index is 0.0493. The van der Waals surface area contributed by atoms with Crippen molar-refractivity contribution in [2.24, 2.45) is 0 Å². The van der Waals surface area contributed by atoms with Crippen LogP contribution in [-0.2, 0) is 0 Å². The molecule has 0 saturated heterocycles. The lowest BCUT2D eigenvalue weighted by molar-refractivity contribution is 0.0820.